The quantitative estimate of drug-likeness (QED) is 0.758. The summed E-state index contributed by atoms with van der Waals surface area (Å²) in [7, 11) is 0. The van der Waals surface area contributed by atoms with Gasteiger partial charge in [0, 0.05) is 5.56 Å². The summed E-state index contributed by atoms with van der Waals surface area (Å²) in [6.07, 6.45) is 5.65. The van der Waals surface area contributed by atoms with Crippen LogP contribution in [0.2, 0.25) is 0 Å². The monoisotopic (exact) mass is 244 g/mol. The van der Waals surface area contributed by atoms with Crippen molar-refractivity contribution in [3.8, 4) is 0 Å². The highest BCUT2D eigenvalue weighted by Crippen LogP contribution is 2.38. The average molecular weight is 244 g/mol. The van der Waals surface area contributed by atoms with Crippen LogP contribution in [-0.2, 0) is 4.74 Å². The lowest BCUT2D eigenvalue weighted by molar-refractivity contribution is 0.0432. The first-order valence-corrected chi connectivity index (χ1v) is 7.04. The number of ketones is 1. The molecule has 1 aromatic rings. The van der Waals surface area contributed by atoms with Crippen LogP contribution in [0.4, 0.5) is 0 Å². The Kier molecular flexibility index (Phi) is 3.21. The summed E-state index contributed by atoms with van der Waals surface area (Å²) < 4.78 is 5.71. The van der Waals surface area contributed by atoms with Crippen LogP contribution in [0.15, 0.2) is 24.3 Å². The van der Waals surface area contributed by atoms with E-state index >= 15 is 0 Å². The Morgan fingerprint density at radius 2 is 1.94 bits per heavy atom. The van der Waals surface area contributed by atoms with Crippen molar-refractivity contribution in [1.82, 2.24) is 0 Å². The van der Waals surface area contributed by atoms with E-state index in [0.29, 0.717) is 5.92 Å². The van der Waals surface area contributed by atoms with Crippen LogP contribution < -0.4 is 0 Å². The minimum Gasteiger partial charge on any atom is -0.367 e. The lowest BCUT2D eigenvalue weighted by Crippen LogP contribution is -2.23. The molecular weight excluding hydrogens is 224 g/mol. The predicted octanol–water partition coefficient (Wildman–Crippen LogP) is 3.70. The zero-order valence-electron chi connectivity index (χ0n) is 10.9. The van der Waals surface area contributed by atoms with Gasteiger partial charge in [0.25, 0.3) is 0 Å². The van der Waals surface area contributed by atoms with E-state index in [1.54, 1.807) is 0 Å². The van der Waals surface area contributed by atoms with E-state index in [1.807, 2.05) is 25.1 Å². The SMILES string of the molecule is CC1CCC(C(=O)c2ccccc2C2CCC2)O1. The molecule has 1 aromatic carbocycles. The zero-order valence-corrected chi connectivity index (χ0v) is 10.9. The van der Waals surface area contributed by atoms with Crippen molar-refractivity contribution in [3.63, 3.8) is 0 Å². The van der Waals surface area contributed by atoms with E-state index in [9.17, 15) is 4.79 Å². The van der Waals surface area contributed by atoms with Crippen LogP contribution in [0.5, 0.6) is 0 Å². The minimum absolute atomic E-state index is 0.196. The van der Waals surface area contributed by atoms with Gasteiger partial charge < -0.3 is 4.74 Å². The Hall–Kier alpha value is -1.15. The standard InChI is InChI=1S/C16H20O2/c1-11-9-10-15(18-11)16(17)14-8-3-2-7-13(14)12-5-4-6-12/h2-3,7-8,11-12,15H,4-6,9-10H2,1H3. The van der Waals surface area contributed by atoms with Gasteiger partial charge in [-0.2, -0.15) is 0 Å². The summed E-state index contributed by atoms with van der Waals surface area (Å²) in [5.41, 5.74) is 2.15. The minimum atomic E-state index is -0.207. The van der Waals surface area contributed by atoms with Crippen LogP contribution >= 0.6 is 0 Å². The van der Waals surface area contributed by atoms with Crippen LogP contribution in [0, 0.1) is 0 Å². The third kappa shape index (κ3) is 2.10. The average Bonchev–Trinajstić information content (AvgIpc) is 2.74. The molecule has 0 amide bonds. The molecule has 2 heteroatoms. The Balaban J connectivity index is 1.84. The predicted molar refractivity (Wildman–Crippen MR) is 70.9 cm³/mol. The van der Waals surface area contributed by atoms with Gasteiger partial charge in [-0.05, 0) is 44.1 Å². The van der Waals surface area contributed by atoms with Crippen LogP contribution in [0.1, 0.15) is 60.9 Å². The maximum atomic E-state index is 12.5. The van der Waals surface area contributed by atoms with Crippen LogP contribution in [-0.4, -0.2) is 18.0 Å². The molecule has 2 atom stereocenters. The topological polar surface area (TPSA) is 26.3 Å². The number of carbonyl (C=O) groups excluding carboxylic acids is 1. The van der Waals surface area contributed by atoms with Gasteiger partial charge in [-0.25, -0.2) is 0 Å². The second-order valence-corrected chi connectivity index (χ2v) is 5.59. The molecule has 18 heavy (non-hydrogen) atoms. The Morgan fingerprint density at radius 3 is 2.56 bits per heavy atom. The molecule has 0 N–H and O–H groups in total. The fourth-order valence-corrected chi connectivity index (χ4v) is 2.97. The molecule has 1 heterocycles. The van der Waals surface area contributed by atoms with Crippen molar-refractivity contribution in [3.05, 3.63) is 35.4 Å². The molecule has 0 radical (unpaired) electrons. The molecule has 0 spiro atoms. The largest absolute Gasteiger partial charge is 0.367 e. The van der Waals surface area contributed by atoms with Crippen molar-refractivity contribution < 1.29 is 9.53 Å². The molecule has 1 aliphatic carbocycles. The summed E-state index contributed by atoms with van der Waals surface area (Å²) in [5.74, 6) is 0.797. The van der Waals surface area contributed by atoms with Crippen molar-refractivity contribution in [2.24, 2.45) is 0 Å². The number of carbonyl (C=O) groups is 1. The normalized spacial score (nSPS) is 28.1. The highest BCUT2D eigenvalue weighted by Gasteiger charge is 2.32. The van der Waals surface area contributed by atoms with E-state index < -0.39 is 0 Å². The lowest BCUT2D eigenvalue weighted by Gasteiger charge is -2.28. The molecule has 1 saturated heterocycles. The van der Waals surface area contributed by atoms with Gasteiger partial charge in [-0.3, -0.25) is 4.79 Å². The number of Topliss-reactive ketones (excluding diaryl/α,β-unsaturated/α-hetero) is 1. The smallest absolute Gasteiger partial charge is 0.191 e. The fraction of sp³-hybridized carbons (Fsp3) is 0.562. The summed E-state index contributed by atoms with van der Waals surface area (Å²) >= 11 is 0. The maximum Gasteiger partial charge on any atom is 0.191 e. The van der Waals surface area contributed by atoms with E-state index in [0.717, 1.165) is 18.4 Å². The number of benzene rings is 1. The van der Waals surface area contributed by atoms with Gasteiger partial charge in [0.05, 0.1) is 6.10 Å². The Morgan fingerprint density at radius 1 is 1.17 bits per heavy atom. The van der Waals surface area contributed by atoms with Gasteiger partial charge in [-0.15, -0.1) is 0 Å². The van der Waals surface area contributed by atoms with E-state index in [2.05, 4.69) is 6.07 Å². The van der Waals surface area contributed by atoms with E-state index in [4.69, 9.17) is 4.74 Å². The van der Waals surface area contributed by atoms with Crippen LogP contribution in [0.3, 0.4) is 0 Å². The number of ether oxygens (including phenoxy) is 1. The third-order valence-electron chi connectivity index (χ3n) is 4.30. The molecule has 1 saturated carbocycles. The van der Waals surface area contributed by atoms with E-state index in [-0.39, 0.29) is 18.0 Å². The molecule has 2 nitrogen and oxygen atoms in total. The second-order valence-electron chi connectivity index (χ2n) is 5.59. The van der Waals surface area contributed by atoms with Crippen molar-refractivity contribution in [2.45, 2.75) is 57.2 Å². The highest BCUT2D eigenvalue weighted by molar-refractivity contribution is 6.01. The molecule has 0 bridgehead atoms. The van der Waals surface area contributed by atoms with Crippen LogP contribution in [0.25, 0.3) is 0 Å². The first kappa shape index (κ1) is 11.9. The van der Waals surface area contributed by atoms with Crippen molar-refractivity contribution in [1.29, 1.82) is 0 Å². The fourth-order valence-electron chi connectivity index (χ4n) is 2.97. The van der Waals surface area contributed by atoms with Crippen molar-refractivity contribution in [2.75, 3.05) is 0 Å². The lowest BCUT2D eigenvalue weighted by atomic mass is 9.77. The van der Waals surface area contributed by atoms with Crippen molar-refractivity contribution >= 4 is 5.78 Å². The van der Waals surface area contributed by atoms with Gasteiger partial charge in [-0.1, -0.05) is 30.7 Å². The molecule has 96 valence electrons. The first-order valence-electron chi connectivity index (χ1n) is 7.04. The summed E-state index contributed by atoms with van der Waals surface area (Å²) in [6, 6.07) is 8.11. The molecule has 2 unspecified atom stereocenters. The molecule has 0 aromatic heterocycles. The molecule has 2 aliphatic rings. The van der Waals surface area contributed by atoms with Gasteiger partial charge in [0.2, 0.25) is 0 Å². The molecule has 3 rings (SSSR count). The summed E-state index contributed by atoms with van der Waals surface area (Å²) in [4.78, 5) is 12.5. The Bertz CT molecular complexity index is 448. The second kappa shape index (κ2) is 4.85. The Labute approximate surface area is 108 Å². The number of hydrogen-bond acceptors (Lipinski definition) is 2. The van der Waals surface area contributed by atoms with Gasteiger partial charge in [0.15, 0.2) is 5.78 Å². The number of hydrogen-bond donors (Lipinski definition) is 0. The number of rotatable bonds is 3. The third-order valence-corrected chi connectivity index (χ3v) is 4.30. The summed E-state index contributed by atoms with van der Waals surface area (Å²) in [6.45, 7) is 2.05. The molecule has 2 fully saturated rings. The molecular formula is C16H20O2. The maximum absolute atomic E-state index is 12.5. The highest BCUT2D eigenvalue weighted by atomic mass is 16.5. The summed E-state index contributed by atoms with van der Waals surface area (Å²) in [5, 5.41) is 0. The molecule has 1 aliphatic heterocycles. The van der Waals surface area contributed by atoms with E-state index in [1.165, 1.54) is 24.8 Å². The first-order chi connectivity index (χ1) is 8.75. The van der Waals surface area contributed by atoms with Gasteiger partial charge >= 0.3 is 0 Å². The zero-order chi connectivity index (χ0) is 12.5. The van der Waals surface area contributed by atoms with Gasteiger partial charge in [0.1, 0.15) is 6.10 Å².